The Kier molecular flexibility index (Phi) is 4.07. The number of thiophene rings is 1. The van der Waals surface area contributed by atoms with Crippen molar-refractivity contribution in [1.29, 1.82) is 0 Å². The number of hydrogen-bond donors (Lipinski definition) is 1. The maximum atomic E-state index is 6.14. The molecule has 1 nitrogen and oxygen atoms in total. The van der Waals surface area contributed by atoms with Crippen molar-refractivity contribution >= 4 is 22.9 Å². The van der Waals surface area contributed by atoms with Crippen LogP contribution in [-0.2, 0) is 6.42 Å². The summed E-state index contributed by atoms with van der Waals surface area (Å²) in [5.74, 6) is 0. The zero-order valence-corrected chi connectivity index (χ0v) is 12.2. The minimum atomic E-state index is 0.541. The van der Waals surface area contributed by atoms with Crippen molar-refractivity contribution < 1.29 is 0 Å². The van der Waals surface area contributed by atoms with Crippen molar-refractivity contribution in [3.63, 3.8) is 0 Å². The Labute approximate surface area is 118 Å². The maximum Gasteiger partial charge on any atom is 0.0934 e. The van der Waals surface area contributed by atoms with E-state index >= 15 is 0 Å². The van der Waals surface area contributed by atoms with Crippen LogP contribution in [0.25, 0.3) is 0 Å². The second kappa shape index (κ2) is 5.77. The molecule has 1 aromatic heterocycles. The molecule has 3 heteroatoms. The molecule has 2 aliphatic rings. The van der Waals surface area contributed by atoms with Gasteiger partial charge in [-0.15, -0.1) is 11.3 Å². The van der Waals surface area contributed by atoms with Gasteiger partial charge in [0.05, 0.1) is 4.34 Å². The van der Waals surface area contributed by atoms with Gasteiger partial charge in [-0.2, -0.15) is 0 Å². The number of aryl methyl sites for hydroxylation is 1. The predicted molar refractivity (Wildman–Crippen MR) is 79.6 cm³/mol. The van der Waals surface area contributed by atoms with Crippen molar-refractivity contribution in [2.45, 2.75) is 51.0 Å². The lowest BCUT2D eigenvalue weighted by atomic mass is 9.94. The van der Waals surface area contributed by atoms with Crippen molar-refractivity contribution in [2.75, 3.05) is 6.54 Å². The van der Waals surface area contributed by atoms with E-state index in [1.54, 1.807) is 16.9 Å². The highest BCUT2D eigenvalue weighted by atomic mass is 35.5. The lowest BCUT2D eigenvalue weighted by molar-refractivity contribution is 0.466. The molecule has 0 fully saturated rings. The second-order valence-corrected chi connectivity index (χ2v) is 7.10. The quantitative estimate of drug-likeness (QED) is 0.777. The van der Waals surface area contributed by atoms with Crippen LogP contribution in [0.15, 0.2) is 17.7 Å². The predicted octanol–water partition coefficient (Wildman–Crippen LogP) is 4.87. The molecule has 1 N–H and O–H groups in total. The third-order valence-electron chi connectivity index (χ3n) is 4.06. The Hall–Kier alpha value is -0.310. The van der Waals surface area contributed by atoms with Gasteiger partial charge in [-0.1, -0.05) is 23.3 Å². The van der Waals surface area contributed by atoms with E-state index in [9.17, 15) is 0 Å². The van der Waals surface area contributed by atoms with Crippen LogP contribution in [0.4, 0.5) is 0 Å². The van der Waals surface area contributed by atoms with E-state index in [4.69, 9.17) is 11.6 Å². The topological polar surface area (TPSA) is 12.0 Å². The monoisotopic (exact) mass is 281 g/mol. The number of rotatable bonds is 4. The molecular formula is C15H20ClNS. The second-order valence-electron chi connectivity index (χ2n) is 5.33. The van der Waals surface area contributed by atoms with Crippen LogP contribution in [0.1, 0.15) is 55.0 Å². The molecule has 1 unspecified atom stereocenters. The van der Waals surface area contributed by atoms with E-state index in [-0.39, 0.29) is 0 Å². The highest BCUT2D eigenvalue weighted by Gasteiger charge is 2.22. The maximum absolute atomic E-state index is 6.14. The van der Waals surface area contributed by atoms with Gasteiger partial charge in [0, 0.05) is 10.9 Å². The first-order valence-corrected chi connectivity index (χ1v) is 8.22. The first-order valence-electron chi connectivity index (χ1n) is 7.02. The fourth-order valence-electron chi connectivity index (χ4n) is 3.10. The summed E-state index contributed by atoms with van der Waals surface area (Å²) in [7, 11) is 0. The van der Waals surface area contributed by atoms with Gasteiger partial charge in [0.2, 0.25) is 0 Å². The summed E-state index contributed by atoms with van der Waals surface area (Å²) in [6.07, 6.45) is 11.4. The molecule has 0 amide bonds. The molecule has 1 atom stereocenters. The van der Waals surface area contributed by atoms with E-state index in [0.717, 1.165) is 10.9 Å². The van der Waals surface area contributed by atoms with E-state index < -0.39 is 0 Å². The molecule has 18 heavy (non-hydrogen) atoms. The van der Waals surface area contributed by atoms with Crippen molar-refractivity contribution in [1.82, 2.24) is 5.32 Å². The van der Waals surface area contributed by atoms with Gasteiger partial charge >= 0.3 is 0 Å². The van der Waals surface area contributed by atoms with Crippen LogP contribution in [0.2, 0.25) is 4.34 Å². The number of hydrogen-bond acceptors (Lipinski definition) is 2. The molecule has 0 bridgehead atoms. The average molecular weight is 282 g/mol. The first kappa shape index (κ1) is 12.7. The zero-order chi connectivity index (χ0) is 12.4. The summed E-state index contributed by atoms with van der Waals surface area (Å²) in [5, 5.41) is 3.73. The molecule has 0 saturated carbocycles. The SMILES string of the molecule is Clc1cc2c(s1)CCCC2NCCC1=CCCC1. The fraction of sp³-hybridized carbons (Fsp3) is 0.600. The number of fused-ring (bicyclic) bond motifs is 1. The standard InChI is InChI=1S/C15H20ClNS/c16-15-10-12-13(6-3-7-14(12)18-15)17-9-8-11-4-1-2-5-11/h4,10,13,17H,1-3,5-9H2. The largest absolute Gasteiger partial charge is 0.310 e. The van der Waals surface area contributed by atoms with E-state index in [0.29, 0.717) is 6.04 Å². The number of halogens is 1. The van der Waals surface area contributed by atoms with Crippen molar-refractivity contribution in [3.05, 3.63) is 32.5 Å². The van der Waals surface area contributed by atoms with E-state index in [2.05, 4.69) is 17.5 Å². The number of allylic oxidation sites excluding steroid dienone is 1. The van der Waals surface area contributed by atoms with Gasteiger partial charge in [-0.05, 0) is 63.1 Å². The smallest absolute Gasteiger partial charge is 0.0934 e. The molecule has 1 aromatic rings. The van der Waals surface area contributed by atoms with Crippen LogP contribution in [-0.4, -0.2) is 6.54 Å². The number of nitrogens with one attached hydrogen (secondary N) is 1. The molecule has 0 saturated heterocycles. The van der Waals surface area contributed by atoms with Gasteiger partial charge in [0.15, 0.2) is 0 Å². The normalized spacial score (nSPS) is 22.9. The lowest BCUT2D eigenvalue weighted by Gasteiger charge is -2.23. The van der Waals surface area contributed by atoms with E-state index in [1.165, 1.54) is 55.4 Å². The summed E-state index contributed by atoms with van der Waals surface area (Å²) in [6, 6.07) is 2.72. The Bertz CT molecular complexity index is 449. The van der Waals surface area contributed by atoms with Crippen LogP contribution >= 0.6 is 22.9 Å². The van der Waals surface area contributed by atoms with Crippen LogP contribution < -0.4 is 5.32 Å². The minimum absolute atomic E-state index is 0.541. The van der Waals surface area contributed by atoms with E-state index in [1.807, 2.05) is 0 Å². The average Bonchev–Trinajstić information content (AvgIpc) is 2.97. The molecule has 0 spiro atoms. The van der Waals surface area contributed by atoms with Gasteiger partial charge in [-0.25, -0.2) is 0 Å². The Morgan fingerprint density at radius 1 is 1.33 bits per heavy atom. The summed E-state index contributed by atoms with van der Waals surface area (Å²) in [5.41, 5.74) is 3.12. The Balaban J connectivity index is 1.57. The Morgan fingerprint density at radius 2 is 2.28 bits per heavy atom. The van der Waals surface area contributed by atoms with Gasteiger partial charge < -0.3 is 5.32 Å². The van der Waals surface area contributed by atoms with Gasteiger partial charge in [-0.3, -0.25) is 0 Å². The third-order valence-corrected chi connectivity index (χ3v) is 5.40. The molecule has 2 aliphatic carbocycles. The molecule has 0 radical (unpaired) electrons. The van der Waals surface area contributed by atoms with Crippen LogP contribution in [0.3, 0.4) is 0 Å². The molecular weight excluding hydrogens is 262 g/mol. The molecule has 3 rings (SSSR count). The third kappa shape index (κ3) is 2.81. The highest BCUT2D eigenvalue weighted by Crippen LogP contribution is 2.37. The lowest BCUT2D eigenvalue weighted by Crippen LogP contribution is -2.25. The summed E-state index contributed by atoms with van der Waals surface area (Å²) in [4.78, 5) is 1.50. The molecule has 0 aliphatic heterocycles. The fourth-order valence-corrected chi connectivity index (χ4v) is 4.49. The molecule has 0 aromatic carbocycles. The molecule has 98 valence electrons. The van der Waals surface area contributed by atoms with Crippen LogP contribution in [0, 0.1) is 0 Å². The first-order chi connectivity index (χ1) is 8.83. The van der Waals surface area contributed by atoms with Crippen LogP contribution in [0.5, 0.6) is 0 Å². The Morgan fingerprint density at radius 3 is 3.11 bits per heavy atom. The highest BCUT2D eigenvalue weighted by molar-refractivity contribution is 7.16. The molecule has 1 heterocycles. The minimum Gasteiger partial charge on any atom is -0.310 e. The van der Waals surface area contributed by atoms with Gasteiger partial charge in [0.1, 0.15) is 0 Å². The summed E-state index contributed by atoms with van der Waals surface area (Å²) in [6.45, 7) is 1.11. The zero-order valence-electron chi connectivity index (χ0n) is 10.7. The summed E-state index contributed by atoms with van der Waals surface area (Å²) >= 11 is 7.90. The van der Waals surface area contributed by atoms with Crippen molar-refractivity contribution in [3.8, 4) is 0 Å². The summed E-state index contributed by atoms with van der Waals surface area (Å²) < 4.78 is 0.951. The van der Waals surface area contributed by atoms with Crippen molar-refractivity contribution in [2.24, 2.45) is 0 Å². The van der Waals surface area contributed by atoms with Gasteiger partial charge in [0.25, 0.3) is 0 Å².